The predicted octanol–water partition coefficient (Wildman–Crippen LogP) is 9.82. The number of aromatic nitrogens is 2. The van der Waals surface area contributed by atoms with Crippen LogP contribution >= 0.6 is 0 Å². The number of fused-ring (bicyclic) bond motifs is 4. The minimum atomic E-state index is -0.552. The summed E-state index contributed by atoms with van der Waals surface area (Å²) >= 11 is 0. The van der Waals surface area contributed by atoms with Crippen LogP contribution in [0.3, 0.4) is 0 Å². The number of aryl methyl sites for hydroxylation is 1. The Bertz CT molecular complexity index is 1930. The van der Waals surface area contributed by atoms with Crippen LogP contribution in [0.25, 0.3) is 33.5 Å². The van der Waals surface area contributed by atoms with E-state index in [1.807, 2.05) is 18.2 Å². The number of phenolic OH excluding ortho intramolecular Hbond substituents is 1. The second-order valence-corrected chi connectivity index (χ2v) is 14.1. The zero-order valence-electron chi connectivity index (χ0n) is 26.6. The van der Waals surface area contributed by atoms with Gasteiger partial charge >= 0.3 is 5.69 Å². The molecule has 5 aromatic rings. The van der Waals surface area contributed by atoms with Gasteiger partial charge in [0.2, 0.25) is 0 Å². The Morgan fingerprint density at radius 2 is 1.73 bits per heavy atom. The van der Waals surface area contributed by atoms with E-state index in [1.165, 1.54) is 35.2 Å². The number of hydrogen-bond acceptors (Lipinski definition) is 4. The summed E-state index contributed by atoms with van der Waals surface area (Å²) in [5.41, 5.74) is 9.07. The van der Waals surface area contributed by atoms with Crippen molar-refractivity contribution < 1.29 is 10.0 Å². The van der Waals surface area contributed by atoms with Crippen LogP contribution < -0.4 is 0 Å². The van der Waals surface area contributed by atoms with Crippen LogP contribution in [0.15, 0.2) is 84.9 Å². The van der Waals surface area contributed by atoms with Crippen LogP contribution in [0.4, 0.5) is 5.69 Å². The van der Waals surface area contributed by atoms with Crippen molar-refractivity contribution in [1.82, 2.24) is 9.55 Å². The van der Waals surface area contributed by atoms with Gasteiger partial charge in [0.25, 0.3) is 0 Å². The molecule has 1 aromatic heterocycles. The van der Waals surface area contributed by atoms with E-state index in [0.717, 1.165) is 60.2 Å². The van der Waals surface area contributed by atoms with Gasteiger partial charge in [-0.25, -0.2) is 4.98 Å². The molecule has 2 aliphatic rings. The van der Waals surface area contributed by atoms with Crippen molar-refractivity contribution in [2.24, 2.45) is 11.3 Å². The highest BCUT2D eigenvalue weighted by atomic mass is 16.6. The Morgan fingerprint density at radius 3 is 2.47 bits per heavy atom. The fourth-order valence-corrected chi connectivity index (χ4v) is 8.69. The van der Waals surface area contributed by atoms with Gasteiger partial charge in [-0.05, 0) is 100 Å². The number of nitro groups is 1. The second kappa shape index (κ2) is 10.9. The Balaban J connectivity index is 1.34. The lowest BCUT2D eigenvalue weighted by Crippen LogP contribution is -2.50. The summed E-state index contributed by atoms with van der Waals surface area (Å²) in [4.78, 5) is 16.1. The molecular formula is C39H41N3O3. The minimum absolute atomic E-state index is 0.00468. The van der Waals surface area contributed by atoms with Crippen molar-refractivity contribution in [2.75, 3.05) is 0 Å². The van der Waals surface area contributed by atoms with E-state index in [2.05, 4.69) is 80.8 Å². The highest BCUT2D eigenvalue weighted by Crippen LogP contribution is 2.58. The lowest BCUT2D eigenvalue weighted by atomic mass is 9.49. The highest BCUT2D eigenvalue weighted by Gasteiger charge is 2.52. The molecule has 6 nitrogen and oxygen atoms in total. The number of aromatic hydroxyl groups is 1. The van der Waals surface area contributed by atoms with Crippen LogP contribution in [0, 0.1) is 21.4 Å². The molecule has 2 aliphatic carbocycles. The number of nitrogens with zero attached hydrogens (tertiary/aromatic N) is 3. The molecule has 0 unspecified atom stereocenters. The van der Waals surface area contributed by atoms with Gasteiger partial charge < -0.3 is 9.67 Å². The molecule has 1 saturated carbocycles. The average Bonchev–Trinajstić information content (AvgIpc) is 3.37. The number of nitro benzene ring substituents is 1. The van der Waals surface area contributed by atoms with E-state index in [0.29, 0.717) is 17.4 Å². The standard InChI is InChI=1S/C39H41N3O3/c1-25(2)27-11-15-31-29(21-27)14-18-36-38(3,19-8-20-39(31,36)4)24-41-33-16-12-28(26-9-6-5-7-10-26)22-32(33)40-37(41)30-13-17-34(42(44)45)35(43)23-30/h5-7,9-13,15-17,21-23,25,36,43H,8,14,18-20,24H2,1-4H3/t36-,38+,39+/m0/s1. The summed E-state index contributed by atoms with van der Waals surface area (Å²) in [6.45, 7) is 10.3. The topological polar surface area (TPSA) is 81.2 Å². The molecule has 0 radical (unpaired) electrons. The maximum Gasteiger partial charge on any atom is 0.310 e. The van der Waals surface area contributed by atoms with Gasteiger partial charge in [-0.15, -0.1) is 0 Å². The monoisotopic (exact) mass is 599 g/mol. The van der Waals surface area contributed by atoms with Crippen molar-refractivity contribution in [3.8, 4) is 28.3 Å². The van der Waals surface area contributed by atoms with Gasteiger partial charge in [-0.1, -0.05) is 88.7 Å². The zero-order chi connectivity index (χ0) is 31.5. The lowest BCUT2D eigenvalue weighted by molar-refractivity contribution is -0.385. The number of hydrogen-bond donors (Lipinski definition) is 1. The number of imidazole rings is 1. The highest BCUT2D eigenvalue weighted by molar-refractivity contribution is 5.86. The van der Waals surface area contributed by atoms with Crippen molar-refractivity contribution in [3.63, 3.8) is 0 Å². The first-order valence-corrected chi connectivity index (χ1v) is 16.2. The molecule has 45 heavy (non-hydrogen) atoms. The first-order valence-electron chi connectivity index (χ1n) is 16.2. The number of phenols is 1. The van der Waals surface area contributed by atoms with Crippen molar-refractivity contribution in [1.29, 1.82) is 0 Å². The molecule has 0 saturated heterocycles. The Labute approximate surface area is 264 Å². The molecule has 230 valence electrons. The Kier molecular flexibility index (Phi) is 7.07. The largest absolute Gasteiger partial charge is 0.502 e. The van der Waals surface area contributed by atoms with E-state index in [-0.39, 0.29) is 22.3 Å². The molecule has 0 aliphatic heterocycles. The molecule has 6 heteroatoms. The minimum Gasteiger partial charge on any atom is -0.502 e. The van der Waals surface area contributed by atoms with E-state index >= 15 is 0 Å². The van der Waals surface area contributed by atoms with Crippen LogP contribution in [0.2, 0.25) is 0 Å². The normalized spacial score (nSPS) is 22.7. The average molecular weight is 600 g/mol. The molecule has 3 atom stereocenters. The van der Waals surface area contributed by atoms with Gasteiger partial charge in [0.1, 0.15) is 5.82 Å². The molecule has 1 heterocycles. The molecule has 1 N–H and O–H groups in total. The summed E-state index contributed by atoms with van der Waals surface area (Å²) in [6, 6.07) is 28.5. The van der Waals surface area contributed by atoms with Gasteiger partial charge in [0, 0.05) is 18.2 Å². The third-order valence-corrected chi connectivity index (χ3v) is 11.0. The molecule has 0 bridgehead atoms. The molecule has 0 spiro atoms. The zero-order valence-corrected chi connectivity index (χ0v) is 26.6. The molecule has 0 amide bonds. The smallest absolute Gasteiger partial charge is 0.310 e. The Hall–Kier alpha value is -4.45. The second-order valence-electron chi connectivity index (χ2n) is 14.1. The lowest BCUT2D eigenvalue weighted by Gasteiger charge is -2.56. The number of benzene rings is 4. The molecule has 1 fully saturated rings. The maximum atomic E-state index is 11.5. The third kappa shape index (κ3) is 4.91. The first-order chi connectivity index (χ1) is 21.6. The molecule has 4 aromatic carbocycles. The Morgan fingerprint density at radius 1 is 0.956 bits per heavy atom. The third-order valence-electron chi connectivity index (χ3n) is 11.0. The maximum absolute atomic E-state index is 11.5. The summed E-state index contributed by atoms with van der Waals surface area (Å²) < 4.78 is 2.31. The summed E-state index contributed by atoms with van der Waals surface area (Å²) in [6.07, 6.45) is 5.72. The fraction of sp³-hybridized carbons (Fsp3) is 0.359. The number of rotatable bonds is 6. The van der Waals surface area contributed by atoms with Crippen molar-refractivity contribution >= 4 is 16.7 Å². The quantitative estimate of drug-likeness (QED) is 0.156. The van der Waals surface area contributed by atoms with E-state index in [4.69, 9.17) is 4.98 Å². The molecule has 7 rings (SSSR count). The van der Waals surface area contributed by atoms with E-state index in [9.17, 15) is 15.2 Å². The van der Waals surface area contributed by atoms with Crippen molar-refractivity contribution in [2.45, 2.75) is 77.7 Å². The van der Waals surface area contributed by atoms with E-state index < -0.39 is 4.92 Å². The van der Waals surface area contributed by atoms with Gasteiger partial charge in [0.05, 0.1) is 16.0 Å². The van der Waals surface area contributed by atoms with Gasteiger partial charge in [0.15, 0.2) is 5.75 Å². The van der Waals surface area contributed by atoms with Crippen molar-refractivity contribution in [3.05, 3.63) is 112 Å². The van der Waals surface area contributed by atoms with Crippen LogP contribution in [0.1, 0.15) is 76.0 Å². The van der Waals surface area contributed by atoms with Crippen LogP contribution in [0.5, 0.6) is 5.75 Å². The van der Waals surface area contributed by atoms with Gasteiger partial charge in [-0.2, -0.15) is 0 Å². The summed E-state index contributed by atoms with van der Waals surface area (Å²) in [5.74, 6) is 1.40. The van der Waals surface area contributed by atoms with Crippen LogP contribution in [-0.2, 0) is 18.4 Å². The molecular weight excluding hydrogens is 558 g/mol. The van der Waals surface area contributed by atoms with E-state index in [1.54, 1.807) is 6.07 Å². The predicted molar refractivity (Wildman–Crippen MR) is 181 cm³/mol. The SMILES string of the molecule is CC(C)c1ccc2c(c1)CC[C@H]1[C@@](C)(Cn3c(-c4ccc([N+](=O)[O-])c(O)c4)nc4cc(-c5ccccc5)ccc43)CCC[C@]21C. The summed E-state index contributed by atoms with van der Waals surface area (Å²) in [5, 5.41) is 22.1. The van der Waals surface area contributed by atoms with Gasteiger partial charge in [-0.3, -0.25) is 10.1 Å². The fourth-order valence-electron chi connectivity index (χ4n) is 8.69. The summed E-state index contributed by atoms with van der Waals surface area (Å²) in [7, 11) is 0. The van der Waals surface area contributed by atoms with Crippen LogP contribution in [-0.4, -0.2) is 19.6 Å². The first kappa shape index (κ1) is 29.3.